The molecule has 254 valence electrons. The van der Waals surface area contributed by atoms with E-state index in [9.17, 15) is 0 Å². The summed E-state index contributed by atoms with van der Waals surface area (Å²) in [6.07, 6.45) is 0. The Hall–Kier alpha value is -7.50. The number of hydrogen-bond acceptors (Lipinski definition) is 3. The predicted molar refractivity (Wildman–Crippen MR) is 227 cm³/mol. The van der Waals surface area contributed by atoms with Crippen molar-refractivity contribution in [3.8, 4) is 28.3 Å². The molecule has 0 bridgehead atoms. The van der Waals surface area contributed by atoms with E-state index in [0.29, 0.717) is 11.4 Å². The van der Waals surface area contributed by atoms with Crippen molar-refractivity contribution in [2.24, 2.45) is 0 Å². The summed E-state index contributed by atoms with van der Waals surface area (Å²) in [5.41, 5.74) is 11.3. The second-order valence-corrected chi connectivity index (χ2v) is 14.5. The number of hydrogen-bond donors (Lipinski definition) is 0. The van der Waals surface area contributed by atoms with Gasteiger partial charge >= 0.3 is 0 Å². The average Bonchev–Trinajstić information content (AvgIpc) is 3.99. The molecule has 0 aliphatic rings. The van der Waals surface area contributed by atoms with Gasteiger partial charge in [0.15, 0.2) is 17.2 Å². The van der Waals surface area contributed by atoms with Gasteiger partial charge in [0, 0.05) is 48.7 Å². The molecule has 5 heterocycles. The van der Waals surface area contributed by atoms with Crippen molar-refractivity contribution in [3.63, 3.8) is 0 Å². The number of para-hydroxylation sites is 3. The molecule has 55 heavy (non-hydrogen) atoms. The van der Waals surface area contributed by atoms with Crippen molar-refractivity contribution in [1.82, 2.24) is 18.9 Å². The molecule has 0 saturated carbocycles. The van der Waals surface area contributed by atoms with E-state index < -0.39 is 0 Å². The van der Waals surface area contributed by atoms with E-state index in [2.05, 4.69) is 155 Å². The van der Waals surface area contributed by atoms with Gasteiger partial charge in [-0.05, 0) is 46.8 Å². The summed E-state index contributed by atoms with van der Waals surface area (Å²) < 4.78 is 11.6. The third-order valence-corrected chi connectivity index (χ3v) is 11.6. The summed E-state index contributed by atoms with van der Waals surface area (Å²) >= 11 is 0. The van der Waals surface area contributed by atoms with Gasteiger partial charge < -0.3 is 8.82 Å². The molecule has 0 aliphatic heterocycles. The third-order valence-electron chi connectivity index (χ3n) is 11.6. The Balaban J connectivity index is 1.21. The summed E-state index contributed by atoms with van der Waals surface area (Å²) in [6, 6.07) is 60.4. The van der Waals surface area contributed by atoms with Gasteiger partial charge in [-0.3, -0.25) is 4.57 Å². The first kappa shape index (κ1) is 29.0. The minimum Gasteiger partial charge on any atom is -0.450 e. The second kappa shape index (κ2) is 10.6. The van der Waals surface area contributed by atoms with E-state index in [1.165, 1.54) is 65.2 Å². The van der Waals surface area contributed by atoms with Crippen molar-refractivity contribution in [3.05, 3.63) is 170 Å². The molecule has 5 heteroatoms. The highest BCUT2D eigenvalue weighted by Gasteiger charge is 2.27. The number of benzene rings is 8. The maximum absolute atomic E-state index is 6.76. The lowest BCUT2D eigenvalue weighted by atomic mass is 10.0. The minimum absolute atomic E-state index is 0.651. The number of nitrogens with zero attached hydrogens (tertiary/aromatic N) is 4. The minimum atomic E-state index is 0.651. The van der Waals surface area contributed by atoms with Crippen LogP contribution in [0.1, 0.15) is 0 Å². The van der Waals surface area contributed by atoms with Crippen LogP contribution in [-0.2, 0) is 0 Å². The van der Waals surface area contributed by atoms with Crippen molar-refractivity contribution in [1.29, 1.82) is 0 Å². The van der Waals surface area contributed by atoms with E-state index in [1.807, 2.05) is 24.3 Å². The molecule has 5 nitrogen and oxygen atoms in total. The molecule has 0 spiro atoms. The Labute approximate surface area is 313 Å². The normalized spacial score (nSPS) is 12.4. The average molecular weight is 701 g/mol. The van der Waals surface area contributed by atoms with Crippen LogP contribution < -0.4 is 0 Å². The molecule has 0 fully saturated rings. The largest absolute Gasteiger partial charge is 0.450 e. The van der Waals surface area contributed by atoms with Crippen molar-refractivity contribution >= 4 is 92.7 Å². The maximum atomic E-state index is 6.76. The van der Waals surface area contributed by atoms with E-state index in [1.54, 1.807) is 0 Å². The molecule has 8 aromatic carbocycles. The molecule has 0 amide bonds. The Kier molecular flexibility index (Phi) is 5.57. The van der Waals surface area contributed by atoms with Crippen LogP contribution in [0.5, 0.6) is 0 Å². The predicted octanol–water partition coefficient (Wildman–Crippen LogP) is 13.1. The monoisotopic (exact) mass is 700 g/mol. The first-order valence-corrected chi connectivity index (χ1v) is 18.7. The van der Waals surface area contributed by atoms with Crippen molar-refractivity contribution < 1.29 is 4.42 Å². The number of fused-ring (bicyclic) bond motifs is 15. The van der Waals surface area contributed by atoms with Gasteiger partial charge in [-0.15, -0.1) is 0 Å². The Morgan fingerprint density at radius 2 is 1.07 bits per heavy atom. The number of aromatic nitrogens is 4. The molecule has 0 saturated heterocycles. The highest BCUT2D eigenvalue weighted by atomic mass is 16.3. The zero-order valence-corrected chi connectivity index (χ0v) is 29.4. The van der Waals surface area contributed by atoms with Gasteiger partial charge in [-0.25, -0.2) is 9.97 Å². The van der Waals surface area contributed by atoms with Gasteiger partial charge in [0.2, 0.25) is 0 Å². The summed E-state index contributed by atoms with van der Waals surface area (Å²) in [6.45, 7) is 0. The fourth-order valence-corrected chi connectivity index (χ4v) is 9.28. The van der Waals surface area contributed by atoms with Crippen LogP contribution in [0.3, 0.4) is 0 Å². The van der Waals surface area contributed by atoms with E-state index in [0.717, 1.165) is 44.5 Å². The Morgan fingerprint density at radius 3 is 1.93 bits per heavy atom. The molecule has 0 atom stereocenters. The van der Waals surface area contributed by atoms with Gasteiger partial charge in [0.1, 0.15) is 11.1 Å². The van der Waals surface area contributed by atoms with Gasteiger partial charge in [0.25, 0.3) is 0 Å². The highest BCUT2D eigenvalue weighted by Crippen LogP contribution is 2.48. The smallest absolute Gasteiger partial charge is 0.197 e. The van der Waals surface area contributed by atoms with Crippen LogP contribution in [0.4, 0.5) is 0 Å². The fraction of sp³-hybridized carbons (Fsp3) is 0. The first-order chi connectivity index (χ1) is 27.3. The Bertz CT molecular complexity index is 3700. The maximum Gasteiger partial charge on any atom is 0.197 e. The molecular formula is C50H28N4O. The van der Waals surface area contributed by atoms with Crippen LogP contribution >= 0.6 is 0 Å². The van der Waals surface area contributed by atoms with Crippen molar-refractivity contribution in [2.45, 2.75) is 0 Å². The van der Waals surface area contributed by atoms with Crippen LogP contribution in [-0.4, -0.2) is 18.9 Å². The Morgan fingerprint density at radius 1 is 0.418 bits per heavy atom. The molecule has 0 radical (unpaired) electrons. The summed E-state index contributed by atoms with van der Waals surface area (Å²) in [5, 5.41) is 10.7. The van der Waals surface area contributed by atoms with E-state index in [-0.39, 0.29) is 0 Å². The lowest BCUT2D eigenvalue weighted by Gasteiger charge is -2.11. The summed E-state index contributed by atoms with van der Waals surface area (Å²) in [7, 11) is 0. The molecule has 13 rings (SSSR count). The van der Waals surface area contributed by atoms with Crippen LogP contribution in [0.2, 0.25) is 0 Å². The second-order valence-electron chi connectivity index (χ2n) is 14.5. The SMILES string of the molecule is c1ccc(-c2ccc(-c3nc(-n4c5ccccc5c5cc6c7ccc8ccccc8c7n7c8ccccc8c(c54)c67)c4oc5ccccc5c4n3)cc2)cc1. The summed E-state index contributed by atoms with van der Waals surface area (Å²) in [4.78, 5) is 10.7. The fourth-order valence-electron chi connectivity index (χ4n) is 9.28. The van der Waals surface area contributed by atoms with Crippen LogP contribution in [0.25, 0.3) is 121 Å². The van der Waals surface area contributed by atoms with Gasteiger partial charge in [-0.1, -0.05) is 140 Å². The molecular weight excluding hydrogens is 673 g/mol. The van der Waals surface area contributed by atoms with Crippen molar-refractivity contribution in [2.75, 3.05) is 0 Å². The topological polar surface area (TPSA) is 48.3 Å². The van der Waals surface area contributed by atoms with Crippen LogP contribution in [0.15, 0.2) is 174 Å². The van der Waals surface area contributed by atoms with E-state index >= 15 is 0 Å². The van der Waals surface area contributed by atoms with Gasteiger partial charge in [0.05, 0.1) is 27.6 Å². The van der Waals surface area contributed by atoms with Gasteiger partial charge in [-0.2, -0.15) is 0 Å². The lowest BCUT2D eigenvalue weighted by Crippen LogP contribution is -2.02. The first-order valence-electron chi connectivity index (χ1n) is 18.7. The quantitative estimate of drug-likeness (QED) is 0.184. The number of furan rings is 1. The highest BCUT2D eigenvalue weighted by molar-refractivity contribution is 6.35. The molecule has 5 aromatic heterocycles. The third kappa shape index (κ3) is 3.81. The molecule has 0 unspecified atom stereocenters. The zero-order valence-electron chi connectivity index (χ0n) is 29.4. The lowest BCUT2D eigenvalue weighted by molar-refractivity contribution is 0.662. The standard InChI is InChI=1S/C50H28N4O/c1-2-12-29(13-3-1)30-22-24-32(25-23-30)49-51-44-37-18-8-11-21-42(37)55-48(44)50(52-49)54-40-19-9-6-16-34(40)38-28-39-35-27-26-31-14-4-5-15-33(31)45(35)53-41-20-10-7-17-36(41)43(46(39)53)47(38)54/h1-28H. The zero-order chi connectivity index (χ0) is 35.8. The molecule has 0 aliphatic carbocycles. The molecule has 13 aromatic rings. The van der Waals surface area contributed by atoms with E-state index in [4.69, 9.17) is 14.4 Å². The summed E-state index contributed by atoms with van der Waals surface area (Å²) in [5.74, 6) is 1.38. The number of rotatable bonds is 3. The molecule has 0 N–H and O–H groups in total. The van der Waals surface area contributed by atoms with Crippen LogP contribution in [0, 0.1) is 0 Å².